The van der Waals surface area contributed by atoms with Crippen molar-refractivity contribution < 1.29 is 9.90 Å². The summed E-state index contributed by atoms with van der Waals surface area (Å²) < 4.78 is 0. The van der Waals surface area contributed by atoms with Gasteiger partial charge in [0.25, 0.3) is 0 Å². The Morgan fingerprint density at radius 1 is 1.44 bits per heavy atom. The van der Waals surface area contributed by atoms with E-state index in [1.54, 1.807) is 18.2 Å². The fourth-order valence-electron chi connectivity index (χ4n) is 1.54. The summed E-state index contributed by atoms with van der Waals surface area (Å²) in [5.74, 6) is -0.899. The minimum absolute atomic E-state index is 0.319. The van der Waals surface area contributed by atoms with E-state index in [0.717, 1.165) is 22.1 Å². The Bertz CT molecular complexity index is 554. The molecule has 6 heteroatoms. The van der Waals surface area contributed by atoms with Crippen molar-refractivity contribution in [3.63, 3.8) is 0 Å². The van der Waals surface area contributed by atoms with Crippen LogP contribution in [0.4, 0.5) is 5.13 Å². The number of aromatic nitrogens is 2. The van der Waals surface area contributed by atoms with Crippen LogP contribution in [0.2, 0.25) is 0 Å². The quantitative estimate of drug-likeness (QED) is 0.865. The maximum Gasteiger partial charge on any atom is 0.335 e. The van der Waals surface area contributed by atoms with Gasteiger partial charge in [0, 0.05) is 6.54 Å². The standard InChI is InChI=1S/C12H13N3O2S/c1-8-14-15-12(18-8)13-6-5-9-3-2-4-10(7-9)11(16)17/h2-4,7H,5-6H2,1H3,(H,13,15)(H,16,17). The van der Waals surface area contributed by atoms with Crippen molar-refractivity contribution in [3.8, 4) is 0 Å². The third kappa shape index (κ3) is 3.27. The molecule has 0 aliphatic carbocycles. The molecule has 18 heavy (non-hydrogen) atoms. The molecule has 0 unspecified atom stereocenters. The molecule has 0 spiro atoms. The SMILES string of the molecule is Cc1nnc(NCCc2cccc(C(=O)O)c2)s1. The zero-order valence-corrected chi connectivity index (χ0v) is 10.7. The average molecular weight is 263 g/mol. The number of carboxylic acids is 1. The van der Waals surface area contributed by atoms with E-state index < -0.39 is 5.97 Å². The fourth-order valence-corrected chi connectivity index (χ4v) is 2.16. The van der Waals surface area contributed by atoms with Crippen molar-refractivity contribution in [2.24, 2.45) is 0 Å². The van der Waals surface area contributed by atoms with Crippen LogP contribution in [0.25, 0.3) is 0 Å². The van der Waals surface area contributed by atoms with E-state index in [9.17, 15) is 4.79 Å². The molecular formula is C12H13N3O2S. The van der Waals surface area contributed by atoms with Gasteiger partial charge in [0.1, 0.15) is 5.01 Å². The van der Waals surface area contributed by atoms with E-state index in [4.69, 9.17) is 5.11 Å². The summed E-state index contributed by atoms with van der Waals surface area (Å²) in [5.41, 5.74) is 1.31. The van der Waals surface area contributed by atoms with Gasteiger partial charge in [-0.1, -0.05) is 23.5 Å². The highest BCUT2D eigenvalue weighted by Crippen LogP contribution is 2.13. The van der Waals surface area contributed by atoms with E-state index >= 15 is 0 Å². The Balaban J connectivity index is 1.90. The van der Waals surface area contributed by atoms with Crippen LogP contribution in [0.3, 0.4) is 0 Å². The predicted octanol–water partition coefficient (Wildman–Crippen LogP) is 2.20. The smallest absolute Gasteiger partial charge is 0.335 e. The van der Waals surface area contributed by atoms with E-state index in [1.165, 1.54) is 11.3 Å². The van der Waals surface area contributed by atoms with Gasteiger partial charge in [0.15, 0.2) is 0 Å². The lowest BCUT2D eigenvalue weighted by Crippen LogP contribution is -2.05. The van der Waals surface area contributed by atoms with Crippen LogP contribution < -0.4 is 5.32 Å². The van der Waals surface area contributed by atoms with E-state index in [0.29, 0.717) is 12.1 Å². The topological polar surface area (TPSA) is 75.1 Å². The molecule has 1 aromatic carbocycles. The predicted molar refractivity (Wildman–Crippen MR) is 70.2 cm³/mol. The number of hydrogen-bond donors (Lipinski definition) is 2. The van der Waals surface area contributed by atoms with Gasteiger partial charge in [-0.05, 0) is 31.0 Å². The number of carboxylic acid groups (broad SMARTS) is 1. The van der Waals surface area contributed by atoms with E-state index in [-0.39, 0.29) is 0 Å². The fraction of sp³-hybridized carbons (Fsp3) is 0.250. The number of aryl methyl sites for hydroxylation is 1. The molecule has 94 valence electrons. The van der Waals surface area contributed by atoms with Gasteiger partial charge in [-0.3, -0.25) is 0 Å². The Labute approximate surface area is 109 Å². The molecule has 0 fully saturated rings. The first-order valence-electron chi connectivity index (χ1n) is 5.51. The number of nitrogens with one attached hydrogen (secondary N) is 1. The van der Waals surface area contributed by atoms with Gasteiger partial charge in [0.2, 0.25) is 5.13 Å². The van der Waals surface area contributed by atoms with E-state index in [1.807, 2.05) is 13.0 Å². The normalized spacial score (nSPS) is 10.3. The molecule has 5 nitrogen and oxygen atoms in total. The van der Waals surface area contributed by atoms with Crippen LogP contribution in [-0.4, -0.2) is 27.8 Å². The zero-order chi connectivity index (χ0) is 13.0. The van der Waals surface area contributed by atoms with Crippen molar-refractivity contribution in [2.75, 3.05) is 11.9 Å². The molecule has 0 aliphatic heterocycles. The third-order valence-corrected chi connectivity index (χ3v) is 3.19. The first-order chi connectivity index (χ1) is 8.65. The molecular weight excluding hydrogens is 250 g/mol. The van der Waals surface area contributed by atoms with Crippen LogP contribution >= 0.6 is 11.3 Å². The molecule has 0 bridgehead atoms. The number of rotatable bonds is 5. The lowest BCUT2D eigenvalue weighted by molar-refractivity contribution is 0.0697. The lowest BCUT2D eigenvalue weighted by Gasteiger charge is -2.03. The minimum atomic E-state index is -0.899. The second-order valence-corrected chi connectivity index (χ2v) is 4.99. The molecule has 0 saturated carbocycles. The van der Waals surface area contributed by atoms with Gasteiger partial charge < -0.3 is 10.4 Å². The molecule has 0 saturated heterocycles. The molecule has 2 aromatic rings. The van der Waals surface area contributed by atoms with Gasteiger partial charge in [0.05, 0.1) is 5.56 Å². The van der Waals surface area contributed by atoms with Crippen LogP contribution in [0.1, 0.15) is 20.9 Å². The highest BCUT2D eigenvalue weighted by atomic mass is 32.1. The first-order valence-corrected chi connectivity index (χ1v) is 6.33. The molecule has 2 rings (SSSR count). The Morgan fingerprint density at radius 2 is 2.28 bits per heavy atom. The lowest BCUT2D eigenvalue weighted by atomic mass is 10.1. The number of hydrogen-bond acceptors (Lipinski definition) is 5. The average Bonchev–Trinajstić information content (AvgIpc) is 2.75. The number of carbonyl (C=O) groups is 1. The van der Waals surface area contributed by atoms with Crippen molar-refractivity contribution in [3.05, 3.63) is 40.4 Å². The van der Waals surface area contributed by atoms with Crippen LogP contribution in [0.5, 0.6) is 0 Å². The highest BCUT2D eigenvalue weighted by molar-refractivity contribution is 7.15. The largest absolute Gasteiger partial charge is 0.478 e. The second-order valence-electron chi connectivity index (χ2n) is 3.81. The molecule has 0 radical (unpaired) electrons. The number of anilines is 1. The Hall–Kier alpha value is -1.95. The van der Waals surface area contributed by atoms with Gasteiger partial charge in [-0.2, -0.15) is 0 Å². The summed E-state index contributed by atoms with van der Waals surface area (Å²) in [6, 6.07) is 6.95. The van der Waals surface area contributed by atoms with Crippen LogP contribution in [-0.2, 0) is 6.42 Å². The maximum absolute atomic E-state index is 10.8. The summed E-state index contributed by atoms with van der Waals surface area (Å²) in [7, 11) is 0. The third-order valence-electron chi connectivity index (χ3n) is 2.39. The van der Waals surface area contributed by atoms with Crippen LogP contribution in [0, 0.1) is 6.92 Å². The Kier molecular flexibility index (Phi) is 3.88. The van der Waals surface area contributed by atoms with Crippen molar-refractivity contribution in [1.29, 1.82) is 0 Å². The summed E-state index contributed by atoms with van der Waals surface area (Å²) in [5, 5.41) is 21.6. The summed E-state index contributed by atoms with van der Waals surface area (Å²) in [6.45, 7) is 2.61. The van der Waals surface area contributed by atoms with Crippen molar-refractivity contribution in [1.82, 2.24) is 10.2 Å². The second kappa shape index (κ2) is 5.59. The minimum Gasteiger partial charge on any atom is -0.478 e. The number of aromatic carboxylic acids is 1. The molecule has 0 amide bonds. The van der Waals surface area contributed by atoms with E-state index in [2.05, 4.69) is 15.5 Å². The molecule has 2 N–H and O–H groups in total. The molecule has 1 heterocycles. The maximum atomic E-state index is 10.8. The summed E-state index contributed by atoms with van der Waals surface area (Å²) in [4.78, 5) is 10.8. The molecule has 0 aliphatic rings. The molecule has 1 aromatic heterocycles. The number of benzene rings is 1. The Morgan fingerprint density at radius 3 is 2.94 bits per heavy atom. The first kappa shape index (κ1) is 12.5. The highest BCUT2D eigenvalue weighted by Gasteiger charge is 2.03. The van der Waals surface area contributed by atoms with Crippen molar-refractivity contribution in [2.45, 2.75) is 13.3 Å². The molecule has 0 atom stereocenters. The number of nitrogens with zero attached hydrogens (tertiary/aromatic N) is 2. The van der Waals surface area contributed by atoms with Crippen molar-refractivity contribution >= 4 is 22.4 Å². The van der Waals surface area contributed by atoms with Crippen LogP contribution in [0.15, 0.2) is 24.3 Å². The summed E-state index contributed by atoms with van der Waals surface area (Å²) >= 11 is 1.50. The van der Waals surface area contributed by atoms with Gasteiger partial charge in [-0.25, -0.2) is 4.79 Å². The monoisotopic (exact) mass is 263 g/mol. The zero-order valence-electron chi connectivity index (χ0n) is 9.88. The summed E-state index contributed by atoms with van der Waals surface area (Å²) in [6.07, 6.45) is 0.750. The van der Waals surface area contributed by atoms with Gasteiger partial charge >= 0.3 is 5.97 Å². The van der Waals surface area contributed by atoms with Gasteiger partial charge in [-0.15, -0.1) is 10.2 Å².